The molecule has 1 N–H and O–H groups in total. The molecular weight excluding hydrogens is 358 g/mol. The van der Waals surface area contributed by atoms with Gasteiger partial charge in [-0.3, -0.25) is 14.2 Å². The number of carbonyl (C=O) groups excluding carboxylic acids is 1. The Hall–Kier alpha value is -2.80. The van der Waals surface area contributed by atoms with Gasteiger partial charge in [0.25, 0.3) is 5.91 Å². The minimum absolute atomic E-state index is 0.0685. The van der Waals surface area contributed by atoms with Crippen molar-refractivity contribution in [3.63, 3.8) is 0 Å². The predicted molar refractivity (Wildman–Crippen MR) is 96.4 cm³/mol. The molecule has 26 heavy (non-hydrogen) atoms. The molecule has 0 aliphatic carbocycles. The second-order valence-corrected chi connectivity index (χ2v) is 6.73. The van der Waals surface area contributed by atoms with Crippen LogP contribution in [0, 0.1) is 18.6 Å². The van der Waals surface area contributed by atoms with E-state index in [1.165, 1.54) is 22.8 Å². The second kappa shape index (κ2) is 7.61. The lowest BCUT2D eigenvalue weighted by Gasteiger charge is -2.08. The number of aromatic nitrogens is 1. The van der Waals surface area contributed by atoms with Crippen LogP contribution < -0.4 is 10.2 Å². The number of nitrogens with zero attached hydrogens (tertiary/aromatic N) is 1. The fourth-order valence-corrected chi connectivity index (χ4v) is 3.44. The number of hydrogen-bond donors (Lipinski definition) is 1. The standard InChI is InChI=1S/C19H16F2N2O2S/c1-12-17(18(24)22-10-13-6-8-15(20)9-7-13)26-19(25)23(12)11-14-4-2-3-5-16(14)21/h2-9H,10-11H2,1H3,(H,22,24). The molecule has 0 saturated carbocycles. The van der Waals surface area contributed by atoms with Gasteiger partial charge in [0.05, 0.1) is 6.54 Å². The lowest BCUT2D eigenvalue weighted by molar-refractivity contribution is 0.0954. The van der Waals surface area contributed by atoms with Crippen molar-refractivity contribution >= 4 is 17.2 Å². The topological polar surface area (TPSA) is 51.1 Å². The number of hydrogen-bond acceptors (Lipinski definition) is 3. The molecule has 7 heteroatoms. The number of amides is 1. The molecule has 0 atom stereocenters. The van der Waals surface area contributed by atoms with Crippen LogP contribution in [0.3, 0.4) is 0 Å². The normalized spacial score (nSPS) is 10.7. The van der Waals surface area contributed by atoms with E-state index in [0.717, 1.165) is 16.9 Å². The fraction of sp³-hybridized carbons (Fsp3) is 0.158. The first-order chi connectivity index (χ1) is 12.5. The van der Waals surface area contributed by atoms with Crippen molar-refractivity contribution in [3.05, 3.63) is 91.5 Å². The summed E-state index contributed by atoms with van der Waals surface area (Å²) in [7, 11) is 0. The van der Waals surface area contributed by atoms with Crippen LogP contribution in [0.5, 0.6) is 0 Å². The highest BCUT2D eigenvalue weighted by molar-refractivity contribution is 7.11. The summed E-state index contributed by atoms with van der Waals surface area (Å²) in [5, 5.41) is 2.71. The molecule has 0 fully saturated rings. The van der Waals surface area contributed by atoms with Gasteiger partial charge in [-0.15, -0.1) is 0 Å². The van der Waals surface area contributed by atoms with E-state index in [0.29, 0.717) is 11.3 Å². The molecule has 0 spiro atoms. The van der Waals surface area contributed by atoms with Gasteiger partial charge in [-0.2, -0.15) is 0 Å². The number of rotatable bonds is 5. The van der Waals surface area contributed by atoms with Crippen molar-refractivity contribution in [2.75, 3.05) is 0 Å². The highest BCUT2D eigenvalue weighted by atomic mass is 32.1. The highest BCUT2D eigenvalue weighted by Crippen LogP contribution is 2.15. The molecule has 0 radical (unpaired) electrons. The van der Waals surface area contributed by atoms with Crippen molar-refractivity contribution in [3.8, 4) is 0 Å². The maximum atomic E-state index is 13.8. The zero-order chi connectivity index (χ0) is 18.7. The summed E-state index contributed by atoms with van der Waals surface area (Å²) in [6.45, 7) is 1.95. The van der Waals surface area contributed by atoms with Crippen LogP contribution >= 0.6 is 11.3 Å². The van der Waals surface area contributed by atoms with Gasteiger partial charge in [-0.1, -0.05) is 41.7 Å². The molecule has 0 saturated heterocycles. The lowest BCUT2D eigenvalue weighted by atomic mass is 10.2. The molecule has 2 aromatic carbocycles. The minimum atomic E-state index is -0.396. The van der Waals surface area contributed by atoms with Gasteiger partial charge in [0.1, 0.15) is 16.5 Å². The molecule has 4 nitrogen and oxygen atoms in total. The van der Waals surface area contributed by atoms with E-state index in [2.05, 4.69) is 5.32 Å². The molecule has 3 rings (SSSR count). The Labute approximate surface area is 152 Å². The maximum Gasteiger partial charge on any atom is 0.308 e. The summed E-state index contributed by atoms with van der Waals surface area (Å²) in [6.07, 6.45) is 0. The maximum absolute atomic E-state index is 13.8. The first kappa shape index (κ1) is 18.0. The summed E-state index contributed by atoms with van der Waals surface area (Å²) in [5.41, 5.74) is 1.61. The molecule has 0 unspecified atom stereocenters. The molecule has 1 amide bonds. The van der Waals surface area contributed by atoms with Crippen molar-refractivity contribution in [2.45, 2.75) is 20.0 Å². The van der Waals surface area contributed by atoms with E-state index in [9.17, 15) is 18.4 Å². The molecule has 134 valence electrons. The van der Waals surface area contributed by atoms with Crippen LogP contribution in [0.1, 0.15) is 26.5 Å². The number of halogens is 2. The third-order valence-electron chi connectivity index (χ3n) is 4.00. The summed E-state index contributed by atoms with van der Waals surface area (Å²) >= 11 is 0.825. The Morgan fingerprint density at radius 1 is 1.12 bits per heavy atom. The molecule has 3 aromatic rings. The zero-order valence-electron chi connectivity index (χ0n) is 14.0. The Bertz CT molecular complexity index is 994. The van der Waals surface area contributed by atoms with Gasteiger partial charge in [0.2, 0.25) is 0 Å². The molecule has 0 bridgehead atoms. The molecular formula is C19H16F2N2O2S. The second-order valence-electron chi connectivity index (χ2n) is 5.77. The van der Waals surface area contributed by atoms with Gasteiger partial charge in [-0.25, -0.2) is 8.78 Å². The van der Waals surface area contributed by atoms with Gasteiger partial charge >= 0.3 is 4.87 Å². The smallest absolute Gasteiger partial charge is 0.308 e. The van der Waals surface area contributed by atoms with Gasteiger partial charge in [-0.05, 0) is 30.7 Å². The van der Waals surface area contributed by atoms with E-state index in [1.807, 2.05) is 0 Å². The van der Waals surface area contributed by atoms with Crippen molar-refractivity contribution in [2.24, 2.45) is 0 Å². The van der Waals surface area contributed by atoms with E-state index in [1.54, 1.807) is 37.3 Å². The van der Waals surface area contributed by atoms with Crippen molar-refractivity contribution in [1.82, 2.24) is 9.88 Å². The van der Waals surface area contributed by atoms with Crippen molar-refractivity contribution < 1.29 is 13.6 Å². The van der Waals surface area contributed by atoms with E-state index in [4.69, 9.17) is 0 Å². The Morgan fingerprint density at radius 2 is 1.81 bits per heavy atom. The third kappa shape index (κ3) is 3.88. The highest BCUT2D eigenvalue weighted by Gasteiger charge is 2.18. The van der Waals surface area contributed by atoms with Crippen molar-refractivity contribution in [1.29, 1.82) is 0 Å². The first-order valence-electron chi connectivity index (χ1n) is 7.92. The third-order valence-corrected chi connectivity index (χ3v) is 5.08. The molecule has 1 aromatic heterocycles. The summed E-state index contributed by atoms with van der Waals surface area (Å²) in [6, 6.07) is 12.0. The van der Waals surface area contributed by atoms with Gasteiger partial charge < -0.3 is 5.32 Å². The summed E-state index contributed by atoms with van der Waals surface area (Å²) < 4.78 is 28.1. The largest absolute Gasteiger partial charge is 0.347 e. The quantitative estimate of drug-likeness (QED) is 0.743. The fourth-order valence-electron chi connectivity index (χ4n) is 2.53. The van der Waals surface area contributed by atoms with Crippen LogP contribution in [0.2, 0.25) is 0 Å². The van der Waals surface area contributed by atoms with Crippen LogP contribution in [0.15, 0.2) is 53.3 Å². The number of nitrogens with one attached hydrogen (secondary N) is 1. The van der Waals surface area contributed by atoms with Gasteiger partial charge in [0.15, 0.2) is 0 Å². The van der Waals surface area contributed by atoms with E-state index < -0.39 is 5.82 Å². The van der Waals surface area contributed by atoms with Crippen LogP contribution in [0.4, 0.5) is 8.78 Å². The van der Waals surface area contributed by atoms with E-state index >= 15 is 0 Å². The number of benzene rings is 2. The van der Waals surface area contributed by atoms with Crippen LogP contribution in [-0.2, 0) is 13.1 Å². The van der Waals surface area contributed by atoms with Gasteiger partial charge in [0, 0.05) is 17.8 Å². The average molecular weight is 374 g/mol. The Kier molecular flexibility index (Phi) is 5.27. The van der Waals surface area contributed by atoms with Crippen LogP contribution in [0.25, 0.3) is 0 Å². The number of carbonyl (C=O) groups is 1. The molecule has 0 aliphatic rings. The first-order valence-corrected chi connectivity index (χ1v) is 8.73. The number of thiazole rings is 1. The Balaban J connectivity index is 1.76. The summed E-state index contributed by atoms with van der Waals surface area (Å²) in [5.74, 6) is -1.13. The van der Waals surface area contributed by atoms with Crippen LogP contribution in [-0.4, -0.2) is 10.5 Å². The Morgan fingerprint density at radius 3 is 2.50 bits per heavy atom. The minimum Gasteiger partial charge on any atom is -0.347 e. The summed E-state index contributed by atoms with van der Waals surface area (Å²) in [4.78, 5) is 24.6. The molecule has 0 aliphatic heterocycles. The zero-order valence-corrected chi connectivity index (χ0v) is 14.8. The lowest BCUT2D eigenvalue weighted by Crippen LogP contribution is -2.23. The van der Waals surface area contributed by atoms with E-state index in [-0.39, 0.29) is 34.6 Å². The average Bonchev–Trinajstić information content (AvgIpc) is 2.91. The SMILES string of the molecule is Cc1c(C(=O)NCc2ccc(F)cc2)sc(=O)n1Cc1ccccc1F. The monoisotopic (exact) mass is 374 g/mol. The predicted octanol–water partition coefficient (Wildman–Crippen LogP) is 3.47. The molecule has 1 heterocycles.